The number of rotatable bonds is 0. The van der Waals surface area contributed by atoms with Crippen molar-refractivity contribution in [2.45, 2.75) is 56.6 Å². The lowest BCUT2D eigenvalue weighted by atomic mass is 10.1. The summed E-state index contributed by atoms with van der Waals surface area (Å²) >= 11 is 0. The molecule has 3 aliphatic heterocycles. The highest BCUT2D eigenvalue weighted by atomic mass is 16.9. The molecule has 86 valence electrons. The number of fused-ring (bicyclic) bond motifs is 3. The minimum atomic E-state index is -1.20. The SMILES string of the molecule is CC1(C)O[C@@H]2O[C@H]3[C@@H](O)[C@@H](O)O[C@H]3[C@@H]2O1. The van der Waals surface area contributed by atoms with Gasteiger partial charge in [-0.25, -0.2) is 0 Å². The van der Waals surface area contributed by atoms with Gasteiger partial charge in [-0.15, -0.1) is 0 Å². The van der Waals surface area contributed by atoms with Gasteiger partial charge in [0.25, 0.3) is 0 Å². The van der Waals surface area contributed by atoms with Crippen LogP contribution >= 0.6 is 0 Å². The summed E-state index contributed by atoms with van der Waals surface area (Å²) in [7, 11) is 0. The van der Waals surface area contributed by atoms with Gasteiger partial charge in [0.1, 0.15) is 24.4 Å². The Kier molecular flexibility index (Phi) is 1.93. The summed E-state index contributed by atoms with van der Waals surface area (Å²) in [5.74, 6) is -0.706. The molecular formula is C9H14O6. The van der Waals surface area contributed by atoms with Crippen molar-refractivity contribution in [3.8, 4) is 0 Å². The topological polar surface area (TPSA) is 77.4 Å². The fourth-order valence-electron chi connectivity index (χ4n) is 2.34. The summed E-state index contributed by atoms with van der Waals surface area (Å²) in [5, 5.41) is 18.8. The molecule has 0 unspecified atom stereocenters. The zero-order valence-electron chi connectivity index (χ0n) is 8.49. The van der Waals surface area contributed by atoms with Crippen LogP contribution in [0.25, 0.3) is 0 Å². The van der Waals surface area contributed by atoms with Crippen LogP contribution in [0.15, 0.2) is 0 Å². The van der Waals surface area contributed by atoms with Gasteiger partial charge in [0.05, 0.1) is 0 Å². The van der Waals surface area contributed by atoms with Crippen molar-refractivity contribution in [1.29, 1.82) is 0 Å². The Morgan fingerprint density at radius 2 is 1.67 bits per heavy atom. The second-order valence-corrected chi connectivity index (χ2v) is 4.55. The molecule has 0 aliphatic carbocycles. The number of hydrogen-bond acceptors (Lipinski definition) is 6. The van der Waals surface area contributed by atoms with Crippen LogP contribution in [-0.2, 0) is 18.9 Å². The number of ether oxygens (including phenoxy) is 4. The Morgan fingerprint density at radius 1 is 0.933 bits per heavy atom. The van der Waals surface area contributed by atoms with Gasteiger partial charge in [0, 0.05) is 0 Å². The summed E-state index contributed by atoms with van der Waals surface area (Å²) in [6.45, 7) is 3.57. The molecule has 0 radical (unpaired) electrons. The van der Waals surface area contributed by atoms with Crippen LogP contribution in [0.3, 0.4) is 0 Å². The third-order valence-corrected chi connectivity index (χ3v) is 2.95. The van der Waals surface area contributed by atoms with E-state index in [-0.39, 0.29) is 6.10 Å². The molecule has 0 amide bonds. The predicted molar refractivity (Wildman–Crippen MR) is 45.6 cm³/mol. The van der Waals surface area contributed by atoms with Gasteiger partial charge in [-0.3, -0.25) is 0 Å². The Labute approximate surface area is 86.7 Å². The maximum atomic E-state index is 9.54. The number of hydrogen-bond donors (Lipinski definition) is 2. The minimum absolute atomic E-state index is 0.378. The van der Waals surface area contributed by atoms with Crippen LogP contribution in [0.2, 0.25) is 0 Å². The molecule has 0 saturated carbocycles. The van der Waals surface area contributed by atoms with Crippen molar-refractivity contribution >= 4 is 0 Å². The van der Waals surface area contributed by atoms with Crippen LogP contribution in [-0.4, -0.2) is 53.0 Å². The van der Waals surface area contributed by atoms with E-state index in [9.17, 15) is 10.2 Å². The first-order valence-corrected chi connectivity index (χ1v) is 5.01. The molecule has 6 heteroatoms. The van der Waals surface area contributed by atoms with E-state index in [1.165, 1.54) is 0 Å². The maximum absolute atomic E-state index is 9.54. The van der Waals surface area contributed by atoms with Crippen molar-refractivity contribution < 1.29 is 29.2 Å². The van der Waals surface area contributed by atoms with E-state index in [1.54, 1.807) is 13.8 Å². The summed E-state index contributed by atoms with van der Waals surface area (Å²) in [4.78, 5) is 0. The highest BCUT2D eigenvalue weighted by Gasteiger charge is 2.61. The fraction of sp³-hybridized carbons (Fsp3) is 1.00. The first-order chi connectivity index (χ1) is 6.98. The summed E-state index contributed by atoms with van der Waals surface area (Å²) in [6, 6.07) is 0. The standard InChI is InChI=1S/C9H14O6/c1-9(2)14-6-5-4(13-8(6)15-9)3(10)7(11)12-5/h3-8,10-11H,1-2H3/t3-,4+,5-,6+,7+,8+/m1/s1. The summed E-state index contributed by atoms with van der Waals surface area (Å²) < 4.78 is 21.7. The minimum Gasteiger partial charge on any atom is -0.385 e. The third kappa shape index (κ3) is 1.33. The van der Waals surface area contributed by atoms with E-state index >= 15 is 0 Å². The Balaban J connectivity index is 1.80. The van der Waals surface area contributed by atoms with Crippen LogP contribution in [0.1, 0.15) is 13.8 Å². The van der Waals surface area contributed by atoms with Gasteiger partial charge < -0.3 is 29.2 Å². The van der Waals surface area contributed by atoms with Crippen LogP contribution < -0.4 is 0 Å². The molecule has 6 nitrogen and oxygen atoms in total. The average Bonchev–Trinajstić information content (AvgIpc) is 2.66. The van der Waals surface area contributed by atoms with Crippen LogP contribution in [0.4, 0.5) is 0 Å². The highest BCUT2D eigenvalue weighted by Crippen LogP contribution is 2.42. The first-order valence-electron chi connectivity index (χ1n) is 5.01. The van der Waals surface area contributed by atoms with Crippen molar-refractivity contribution in [1.82, 2.24) is 0 Å². The molecule has 6 atom stereocenters. The fourth-order valence-corrected chi connectivity index (χ4v) is 2.34. The molecule has 3 fully saturated rings. The molecule has 3 rings (SSSR count). The first kappa shape index (κ1) is 9.95. The lowest BCUT2D eigenvalue weighted by Crippen LogP contribution is -2.35. The van der Waals surface area contributed by atoms with E-state index in [0.29, 0.717) is 0 Å². The average molecular weight is 218 g/mol. The van der Waals surface area contributed by atoms with E-state index in [0.717, 1.165) is 0 Å². The van der Waals surface area contributed by atoms with Crippen molar-refractivity contribution in [2.24, 2.45) is 0 Å². The molecule has 0 spiro atoms. The molecule has 0 bridgehead atoms. The molecular weight excluding hydrogens is 204 g/mol. The van der Waals surface area contributed by atoms with Gasteiger partial charge in [0.15, 0.2) is 18.4 Å². The van der Waals surface area contributed by atoms with E-state index < -0.39 is 36.7 Å². The molecule has 0 aromatic carbocycles. The molecule has 15 heavy (non-hydrogen) atoms. The zero-order valence-corrected chi connectivity index (χ0v) is 8.49. The summed E-state index contributed by atoms with van der Waals surface area (Å²) in [6.07, 6.45) is -4.15. The lowest BCUT2D eigenvalue weighted by Gasteiger charge is -2.21. The second kappa shape index (κ2) is 2.91. The van der Waals surface area contributed by atoms with E-state index in [2.05, 4.69) is 0 Å². The van der Waals surface area contributed by atoms with Gasteiger partial charge in [-0.05, 0) is 13.8 Å². The molecule has 3 heterocycles. The van der Waals surface area contributed by atoms with Gasteiger partial charge >= 0.3 is 0 Å². The number of aliphatic hydroxyl groups is 2. The smallest absolute Gasteiger partial charge is 0.190 e. The quantitative estimate of drug-likeness (QED) is 0.539. The van der Waals surface area contributed by atoms with Crippen molar-refractivity contribution in [3.05, 3.63) is 0 Å². The molecule has 0 aromatic heterocycles. The molecule has 3 aliphatic rings. The van der Waals surface area contributed by atoms with Gasteiger partial charge in [-0.2, -0.15) is 0 Å². The molecule has 3 saturated heterocycles. The highest BCUT2D eigenvalue weighted by molar-refractivity contribution is 5.01. The zero-order chi connectivity index (χ0) is 10.8. The van der Waals surface area contributed by atoms with E-state index in [1.807, 2.05) is 0 Å². The summed E-state index contributed by atoms with van der Waals surface area (Å²) in [5.41, 5.74) is 0. The van der Waals surface area contributed by atoms with Crippen LogP contribution in [0, 0.1) is 0 Å². The maximum Gasteiger partial charge on any atom is 0.190 e. The van der Waals surface area contributed by atoms with Gasteiger partial charge in [0.2, 0.25) is 0 Å². The largest absolute Gasteiger partial charge is 0.385 e. The second-order valence-electron chi connectivity index (χ2n) is 4.55. The van der Waals surface area contributed by atoms with Gasteiger partial charge in [-0.1, -0.05) is 0 Å². The Bertz CT molecular complexity index is 280. The molecule has 0 aromatic rings. The van der Waals surface area contributed by atoms with E-state index in [4.69, 9.17) is 18.9 Å². The third-order valence-electron chi connectivity index (χ3n) is 2.95. The van der Waals surface area contributed by atoms with Crippen molar-refractivity contribution in [3.63, 3.8) is 0 Å². The molecule has 2 N–H and O–H groups in total. The Morgan fingerprint density at radius 3 is 2.40 bits per heavy atom. The monoisotopic (exact) mass is 218 g/mol. The normalized spacial score (nSPS) is 56.8. The van der Waals surface area contributed by atoms with Crippen molar-refractivity contribution in [2.75, 3.05) is 0 Å². The predicted octanol–water partition coefficient (Wildman–Crippen LogP) is -1.06. The van der Waals surface area contributed by atoms with Crippen LogP contribution in [0.5, 0.6) is 0 Å². The lowest BCUT2D eigenvalue weighted by molar-refractivity contribution is -0.214. The number of aliphatic hydroxyl groups excluding tert-OH is 2. The Hall–Kier alpha value is -0.240.